The van der Waals surface area contributed by atoms with Crippen molar-refractivity contribution in [3.8, 4) is 0 Å². The third-order valence-electron chi connectivity index (χ3n) is 4.79. The highest BCUT2D eigenvalue weighted by molar-refractivity contribution is 5.76. The van der Waals surface area contributed by atoms with Gasteiger partial charge in [0.2, 0.25) is 5.91 Å². The zero-order chi connectivity index (χ0) is 16.7. The third kappa shape index (κ3) is 5.29. The molecule has 5 heteroatoms. The van der Waals surface area contributed by atoms with E-state index in [0.29, 0.717) is 32.6 Å². The van der Waals surface area contributed by atoms with E-state index in [1.165, 1.54) is 12.1 Å². The number of hydrogen-bond acceptors (Lipinski definition) is 3. The number of carbonyl (C=O) groups is 1. The Kier molecular flexibility index (Phi) is 6.54. The molecule has 0 saturated carbocycles. The molecular weight excluding hydrogens is 297 g/mol. The highest BCUT2D eigenvalue weighted by Crippen LogP contribution is 2.33. The predicted octanol–water partition coefficient (Wildman–Crippen LogP) is 2.61. The number of rotatable bonds is 7. The lowest BCUT2D eigenvalue weighted by Crippen LogP contribution is -2.42. The van der Waals surface area contributed by atoms with Crippen LogP contribution in [-0.4, -0.2) is 37.4 Å². The fourth-order valence-corrected chi connectivity index (χ4v) is 3.10. The van der Waals surface area contributed by atoms with Crippen LogP contribution in [0.4, 0.5) is 4.39 Å². The van der Waals surface area contributed by atoms with Crippen molar-refractivity contribution >= 4 is 5.91 Å². The van der Waals surface area contributed by atoms with E-state index in [4.69, 9.17) is 4.74 Å². The number of aliphatic hydroxyl groups is 1. The standard InChI is InChI=1S/C18H26FNO3/c1-14(15-2-4-16(19)5-3-15)12-17(22)20-13-18(6-9-21)7-10-23-11-8-18/h2-5,14,21H,6-13H2,1H3,(H,20,22)/t14-/m0/s1. The highest BCUT2D eigenvalue weighted by Gasteiger charge is 2.32. The molecule has 4 nitrogen and oxygen atoms in total. The lowest BCUT2D eigenvalue weighted by Gasteiger charge is -2.37. The van der Waals surface area contributed by atoms with E-state index in [2.05, 4.69) is 5.32 Å². The van der Waals surface area contributed by atoms with Crippen LogP contribution in [0.25, 0.3) is 0 Å². The van der Waals surface area contributed by atoms with Gasteiger partial charge in [0, 0.05) is 32.8 Å². The van der Waals surface area contributed by atoms with E-state index >= 15 is 0 Å². The van der Waals surface area contributed by atoms with Gasteiger partial charge in [-0.3, -0.25) is 4.79 Å². The summed E-state index contributed by atoms with van der Waals surface area (Å²) in [6.45, 7) is 4.03. The Morgan fingerprint density at radius 1 is 1.35 bits per heavy atom. The smallest absolute Gasteiger partial charge is 0.220 e. The van der Waals surface area contributed by atoms with Crippen molar-refractivity contribution in [3.63, 3.8) is 0 Å². The second-order valence-corrected chi connectivity index (χ2v) is 6.52. The van der Waals surface area contributed by atoms with E-state index in [-0.39, 0.29) is 29.7 Å². The number of carbonyl (C=O) groups excluding carboxylic acids is 1. The number of amides is 1. The van der Waals surface area contributed by atoms with Crippen molar-refractivity contribution in [1.29, 1.82) is 0 Å². The van der Waals surface area contributed by atoms with Gasteiger partial charge in [-0.1, -0.05) is 19.1 Å². The van der Waals surface area contributed by atoms with Gasteiger partial charge >= 0.3 is 0 Å². The number of hydrogen-bond donors (Lipinski definition) is 2. The molecule has 1 saturated heterocycles. The molecule has 0 aromatic heterocycles. The minimum Gasteiger partial charge on any atom is -0.396 e. The SMILES string of the molecule is C[C@@H](CC(=O)NCC1(CCO)CCOCC1)c1ccc(F)cc1. The Morgan fingerprint density at radius 3 is 2.61 bits per heavy atom. The van der Waals surface area contributed by atoms with Gasteiger partial charge in [-0.05, 0) is 48.3 Å². The van der Waals surface area contributed by atoms with E-state index in [1.54, 1.807) is 12.1 Å². The van der Waals surface area contributed by atoms with Crippen LogP contribution in [0, 0.1) is 11.2 Å². The first-order valence-corrected chi connectivity index (χ1v) is 8.25. The van der Waals surface area contributed by atoms with Crippen LogP contribution in [0.3, 0.4) is 0 Å². The number of benzene rings is 1. The molecule has 2 N–H and O–H groups in total. The fourth-order valence-electron chi connectivity index (χ4n) is 3.10. The number of halogens is 1. The van der Waals surface area contributed by atoms with Gasteiger partial charge in [-0.2, -0.15) is 0 Å². The molecule has 2 rings (SSSR count). The van der Waals surface area contributed by atoms with Crippen LogP contribution in [0.15, 0.2) is 24.3 Å². The summed E-state index contributed by atoms with van der Waals surface area (Å²) in [5.74, 6) is -0.236. The summed E-state index contributed by atoms with van der Waals surface area (Å²) in [6.07, 6.45) is 2.78. The predicted molar refractivity (Wildman–Crippen MR) is 86.6 cm³/mol. The average Bonchev–Trinajstić information content (AvgIpc) is 2.55. The van der Waals surface area contributed by atoms with Crippen LogP contribution in [0.5, 0.6) is 0 Å². The maximum atomic E-state index is 12.9. The normalized spacial score (nSPS) is 18.4. The minimum absolute atomic E-state index is 0.00867. The summed E-state index contributed by atoms with van der Waals surface area (Å²) in [5.41, 5.74) is 0.902. The first-order valence-electron chi connectivity index (χ1n) is 8.25. The molecule has 128 valence electrons. The molecule has 1 aromatic rings. The van der Waals surface area contributed by atoms with Gasteiger partial charge in [0.05, 0.1) is 0 Å². The van der Waals surface area contributed by atoms with Gasteiger partial charge in [0.15, 0.2) is 0 Å². The summed E-state index contributed by atoms with van der Waals surface area (Å²) >= 11 is 0. The molecule has 1 amide bonds. The van der Waals surface area contributed by atoms with Crippen LogP contribution in [0.2, 0.25) is 0 Å². The quantitative estimate of drug-likeness (QED) is 0.811. The van der Waals surface area contributed by atoms with Gasteiger partial charge in [0.1, 0.15) is 5.82 Å². The van der Waals surface area contributed by atoms with E-state index < -0.39 is 0 Å². The number of aliphatic hydroxyl groups excluding tert-OH is 1. The maximum absolute atomic E-state index is 12.9. The molecule has 1 fully saturated rings. The van der Waals surface area contributed by atoms with Gasteiger partial charge in [0.25, 0.3) is 0 Å². The minimum atomic E-state index is -0.268. The van der Waals surface area contributed by atoms with Crippen molar-refractivity contribution in [2.45, 2.75) is 38.5 Å². The third-order valence-corrected chi connectivity index (χ3v) is 4.79. The van der Waals surface area contributed by atoms with Crippen LogP contribution >= 0.6 is 0 Å². The molecule has 1 aliphatic heterocycles. The number of ether oxygens (including phenoxy) is 1. The van der Waals surface area contributed by atoms with E-state index in [9.17, 15) is 14.3 Å². The van der Waals surface area contributed by atoms with Crippen molar-refractivity contribution in [2.75, 3.05) is 26.4 Å². The van der Waals surface area contributed by atoms with Crippen molar-refractivity contribution in [2.24, 2.45) is 5.41 Å². The molecule has 1 aromatic carbocycles. The zero-order valence-electron chi connectivity index (χ0n) is 13.7. The molecule has 23 heavy (non-hydrogen) atoms. The Labute approximate surface area is 137 Å². The summed E-state index contributed by atoms with van der Waals surface area (Å²) < 4.78 is 18.3. The lowest BCUT2D eigenvalue weighted by atomic mass is 9.77. The summed E-state index contributed by atoms with van der Waals surface area (Å²) in [4.78, 5) is 12.2. The molecule has 1 atom stereocenters. The number of nitrogens with one attached hydrogen (secondary N) is 1. The zero-order valence-corrected chi connectivity index (χ0v) is 13.7. The molecule has 0 radical (unpaired) electrons. The first kappa shape index (κ1) is 17.9. The Balaban J connectivity index is 1.84. The maximum Gasteiger partial charge on any atom is 0.220 e. The highest BCUT2D eigenvalue weighted by atomic mass is 19.1. The van der Waals surface area contributed by atoms with Gasteiger partial charge in [-0.15, -0.1) is 0 Å². The lowest BCUT2D eigenvalue weighted by molar-refractivity contribution is -0.122. The van der Waals surface area contributed by atoms with Crippen molar-refractivity contribution < 1.29 is 19.0 Å². The van der Waals surface area contributed by atoms with Gasteiger partial charge < -0.3 is 15.2 Å². The summed E-state index contributed by atoms with van der Waals surface area (Å²) in [6, 6.07) is 6.28. The van der Waals surface area contributed by atoms with Gasteiger partial charge in [-0.25, -0.2) is 4.39 Å². The molecule has 0 unspecified atom stereocenters. The molecule has 1 aliphatic rings. The molecule has 0 aliphatic carbocycles. The summed E-state index contributed by atoms with van der Waals surface area (Å²) in [7, 11) is 0. The van der Waals surface area contributed by atoms with Crippen LogP contribution in [-0.2, 0) is 9.53 Å². The molecule has 0 bridgehead atoms. The fraction of sp³-hybridized carbons (Fsp3) is 0.611. The van der Waals surface area contributed by atoms with Crippen molar-refractivity contribution in [3.05, 3.63) is 35.6 Å². The largest absolute Gasteiger partial charge is 0.396 e. The Hall–Kier alpha value is -1.46. The van der Waals surface area contributed by atoms with Crippen molar-refractivity contribution in [1.82, 2.24) is 5.32 Å². The van der Waals surface area contributed by atoms with Crippen LogP contribution in [0.1, 0.15) is 44.1 Å². The monoisotopic (exact) mass is 323 g/mol. The average molecular weight is 323 g/mol. The molecular formula is C18H26FNO3. The Bertz CT molecular complexity index is 492. The van der Waals surface area contributed by atoms with E-state index in [0.717, 1.165) is 18.4 Å². The topological polar surface area (TPSA) is 58.6 Å². The second kappa shape index (κ2) is 8.41. The molecule has 0 spiro atoms. The first-order chi connectivity index (χ1) is 11.0. The molecule has 1 heterocycles. The summed E-state index contributed by atoms with van der Waals surface area (Å²) in [5, 5.41) is 12.3. The van der Waals surface area contributed by atoms with E-state index in [1.807, 2.05) is 6.92 Å². The Morgan fingerprint density at radius 2 is 2.00 bits per heavy atom. The van der Waals surface area contributed by atoms with Crippen LogP contribution < -0.4 is 5.32 Å². The second-order valence-electron chi connectivity index (χ2n) is 6.52.